The quantitative estimate of drug-likeness (QED) is 0.853. The lowest BCUT2D eigenvalue weighted by Gasteiger charge is -2.11. The fourth-order valence-corrected chi connectivity index (χ4v) is 2.17. The van der Waals surface area contributed by atoms with Gasteiger partial charge in [0.05, 0.1) is 6.10 Å². The third kappa shape index (κ3) is 4.71. The molecule has 0 aliphatic rings. The second kappa shape index (κ2) is 7.11. The Hall–Kier alpha value is -1.80. The molecule has 1 N–H and O–H groups in total. The summed E-state index contributed by atoms with van der Waals surface area (Å²) in [5, 5.41) is 3.47. The molecule has 0 atom stereocenters. The van der Waals surface area contributed by atoms with Crippen molar-refractivity contribution in [2.24, 2.45) is 0 Å². The minimum atomic E-state index is 0.213. The molecule has 2 nitrogen and oxygen atoms in total. The van der Waals surface area contributed by atoms with E-state index in [0.717, 1.165) is 18.8 Å². The Morgan fingerprint density at radius 2 is 1.60 bits per heavy atom. The molecule has 0 amide bonds. The van der Waals surface area contributed by atoms with Gasteiger partial charge in [0.25, 0.3) is 0 Å². The van der Waals surface area contributed by atoms with Crippen molar-refractivity contribution < 1.29 is 4.74 Å². The first-order valence-corrected chi connectivity index (χ1v) is 7.15. The van der Waals surface area contributed by atoms with Crippen molar-refractivity contribution in [3.8, 4) is 5.75 Å². The van der Waals surface area contributed by atoms with Gasteiger partial charge in [-0.05, 0) is 44.0 Å². The van der Waals surface area contributed by atoms with Crippen LogP contribution in [0.5, 0.6) is 5.75 Å². The molecular weight excluding hydrogens is 246 g/mol. The van der Waals surface area contributed by atoms with Crippen LogP contribution in [0.2, 0.25) is 0 Å². The maximum atomic E-state index is 5.71. The monoisotopic (exact) mass is 269 g/mol. The Bertz CT molecular complexity index is 549. The highest BCUT2D eigenvalue weighted by Crippen LogP contribution is 2.15. The van der Waals surface area contributed by atoms with E-state index in [9.17, 15) is 0 Å². The third-order valence-corrected chi connectivity index (χ3v) is 3.01. The molecule has 106 valence electrons. The van der Waals surface area contributed by atoms with E-state index in [0.29, 0.717) is 0 Å². The minimum absolute atomic E-state index is 0.213. The molecule has 0 spiro atoms. The van der Waals surface area contributed by atoms with Gasteiger partial charge in [-0.3, -0.25) is 0 Å². The SMILES string of the molecule is Cc1cccc(CNCc2cccc(OC(C)C)c2)c1. The molecule has 0 saturated carbocycles. The molecule has 0 heterocycles. The summed E-state index contributed by atoms with van der Waals surface area (Å²) >= 11 is 0. The molecule has 20 heavy (non-hydrogen) atoms. The van der Waals surface area contributed by atoms with Crippen LogP contribution in [0.4, 0.5) is 0 Å². The van der Waals surface area contributed by atoms with Gasteiger partial charge in [-0.25, -0.2) is 0 Å². The van der Waals surface area contributed by atoms with Crippen LogP contribution >= 0.6 is 0 Å². The number of nitrogens with one attached hydrogen (secondary N) is 1. The van der Waals surface area contributed by atoms with Crippen molar-refractivity contribution in [1.29, 1.82) is 0 Å². The van der Waals surface area contributed by atoms with Crippen LogP contribution in [-0.2, 0) is 13.1 Å². The number of hydrogen-bond acceptors (Lipinski definition) is 2. The van der Waals surface area contributed by atoms with Gasteiger partial charge in [-0.15, -0.1) is 0 Å². The lowest BCUT2D eigenvalue weighted by molar-refractivity contribution is 0.242. The third-order valence-electron chi connectivity index (χ3n) is 3.01. The molecule has 0 saturated heterocycles. The molecule has 0 aliphatic heterocycles. The van der Waals surface area contributed by atoms with Crippen molar-refractivity contribution in [3.63, 3.8) is 0 Å². The van der Waals surface area contributed by atoms with Gasteiger partial charge >= 0.3 is 0 Å². The molecule has 0 fully saturated rings. The Kier molecular flexibility index (Phi) is 5.19. The van der Waals surface area contributed by atoms with Crippen LogP contribution in [0, 0.1) is 6.92 Å². The van der Waals surface area contributed by atoms with E-state index in [2.05, 4.69) is 48.6 Å². The number of benzene rings is 2. The second-order valence-electron chi connectivity index (χ2n) is 5.41. The summed E-state index contributed by atoms with van der Waals surface area (Å²) in [7, 11) is 0. The fourth-order valence-electron chi connectivity index (χ4n) is 2.17. The Morgan fingerprint density at radius 1 is 0.950 bits per heavy atom. The normalized spacial score (nSPS) is 10.8. The molecule has 0 aromatic heterocycles. The lowest BCUT2D eigenvalue weighted by atomic mass is 10.1. The summed E-state index contributed by atoms with van der Waals surface area (Å²) in [5.74, 6) is 0.940. The highest BCUT2D eigenvalue weighted by atomic mass is 16.5. The minimum Gasteiger partial charge on any atom is -0.491 e. The van der Waals surface area contributed by atoms with Crippen LogP contribution in [0.1, 0.15) is 30.5 Å². The highest BCUT2D eigenvalue weighted by Gasteiger charge is 2.00. The van der Waals surface area contributed by atoms with Crippen molar-refractivity contribution in [3.05, 3.63) is 65.2 Å². The van der Waals surface area contributed by atoms with Gasteiger partial charge in [0, 0.05) is 13.1 Å². The number of hydrogen-bond donors (Lipinski definition) is 1. The second-order valence-corrected chi connectivity index (χ2v) is 5.41. The van der Waals surface area contributed by atoms with Crippen LogP contribution in [0.25, 0.3) is 0 Å². The largest absolute Gasteiger partial charge is 0.491 e. The Labute approximate surface area is 121 Å². The van der Waals surface area contributed by atoms with Gasteiger partial charge < -0.3 is 10.1 Å². The van der Waals surface area contributed by atoms with Crippen molar-refractivity contribution in [2.75, 3.05) is 0 Å². The summed E-state index contributed by atoms with van der Waals surface area (Å²) in [6.07, 6.45) is 0.213. The van der Waals surface area contributed by atoms with E-state index in [1.54, 1.807) is 0 Å². The smallest absolute Gasteiger partial charge is 0.120 e. The van der Waals surface area contributed by atoms with Gasteiger partial charge in [0.15, 0.2) is 0 Å². The van der Waals surface area contributed by atoms with Crippen LogP contribution in [-0.4, -0.2) is 6.10 Å². The maximum absolute atomic E-state index is 5.71. The molecule has 2 heteroatoms. The molecule has 0 unspecified atom stereocenters. The number of ether oxygens (including phenoxy) is 1. The number of aryl methyl sites for hydroxylation is 1. The average Bonchev–Trinajstić information content (AvgIpc) is 2.38. The zero-order valence-corrected chi connectivity index (χ0v) is 12.5. The molecule has 0 aliphatic carbocycles. The van der Waals surface area contributed by atoms with Crippen LogP contribution in [0.15, 0.2) is 48.5 Å². The molecule has 2 aromatic rings. The zero-order valence-electron chi connectivity index (χ0n) is 12.5. The van der Waals surface area contributed by atoms with Gasteiger partial charge in [-0.1, -0.05) is 42.0 Å². The predicted octanol–water partition coefficient (Wildman–Crippen LogP) is 4.07. The summed E-state index contributed by atoms with van der Waals surface area (Å²) in [5.41, 5.74) is 3.87. The van der Waals surface area contributed by atoms with Crippen LogP contribution < -0.4 is 10.1 Å². The van der Waals surface area contributed by atoms with E-state index >= 15 is 0 Å². The van der Waals surface area contributed by atoms with Gasteiger partial charge in [0.2, 0.25) is 0 Å². The lowest BCUT2D eigenvalue weighted by Crippen LogP contribution is -2.13. The molecule has 2 rings (SSSR count). The molecular formula is C18H23NO. The van der Waals surface area contributed by atoms with Crippen molar-refractivity contribution in [1.82, 2.24) is 5.32 Å². The molecule has 0 radical (unpaired) electrons. The average molecular weight is 269 g/mol. The topological polar surface area (TPSA) is 21.3 Å². The first-order valence-electron chi connectivity index (χ1n) is 7.15. The first kappa shape index (κ1) is 14.6. The standard InChI is InChI=1S/C18H23NO/c1-14(2)20-18-9-5-8-17(11-18)13-19-12-16-7-4-6-15(3)10-16/h4-11,14,19H,12-13H2,1-3H3. The van der Waals surface area contributed by atoms with E-state index in [4.69, 9.17) is 4.74 Å². The predicted molar refractivity (Wildman–Crippen MR) is 83.9 cm³/mol. The van der Waals surface area contributed by atoms with Crippen molar-refractivity contribution in [2.45, 2.75) is 40.0 Å². The fraction of sp³-hybridized carbons (Fsp3) is 0.333. The van der Waals surface area contributed by atoms with Gasteiger partial charge in [-0.2, -0.15) is 0 Å². The van der Waals surface area contributed by atoms with Crippen LogP contribution in [0.3, 0.4) is 0 Å². The Balaban J connectivity index is 1.87. The van der Waals surface area contributed by atoms with E-state index in [-0.39, 0.29) is 6.10 Å². The van der Waals surface area contributed by atoms with E-state index in [1.807, 2.05) is 26.0 Å². The summed E-state index contributed by atoms with van der Waals surface area (Å²) < 4.78 is 5.71. The van der Waals surface area contributed by atoms with Gasteiger partial charge in [0.1, 0.15) is 5.75 Å². The Morgan fingerprint density at radius 3 is 2.25 bits per heavy atom. The van der Waals surface area contributed by atoms with E-state index in [1.165, 1.54) is 16.7 Å². The van der Waals surface area contributed by atoms with Crippen molar-refractivity contribution >= 4 is 0 Å². The highest BCUT2D eigenvalue weighted by molar-refractivity contribution is 5.29. The molecule has 0 bridgehead atoms. The maximum Gasteiger partial charge on any atom is 0.120 e. The van der Waals surface area contributed by atoms with E-state index < -0.39 is 0 Å². The summed E-state index contributed by atoms with van der Waals surface area (Å²) in [6.45, 7) is 7.95. The summed E-state index contributed by atoms with van der Waals surface area (Å²) in [6, 6.07) is 16.9. The number of rotatable bonds is 6. The first-order chi connectivity index (χ1) is 9.63. The summed E-state index contributed by atoms with van der Waals surface area (Å²) in [4.78, 5) is 0. The molecule has 2 aromatic carbocycles. The zero-order chi connectivity index (χ0) is 14.4.